The largest absolute Gasteiger partial charge is 1.00 e. The third-order valence-corrected chi connectivity index (χ3v) is 1.40. The van der Waals surface area contributed by atoms with E-state index in [0.29, 0.717) is 0 Å². The second-order valence-corrected chi connectivity index (χ2v) is 2.13. The van der Waals surface area contributed by atoms with Crippen molar-refractivity contribution in [1.29, 1.82) is 5.26 Å². The van der Waals surface area contributed by atoms with Gasteiger partial charge in [-0.2, -0.15) is 0 Å². The van der Waals surface area contributed by atoms with Crippen LogP contribution in [0.4, 0.5) is 0 Å². The van der Waals surface area contributed by atoms with E-state index in [1.807, 2.05) is 0 Å². The number of hydrogen-bond acceptors (Lipinski definition) is 3. The molecule has 0 atom stereocenters. The fourth-order valence-corrected chi connectivity index (χ4v) is 0.814. The number of carbonyl (C=O) groups excluding carboxylic acids is 1. The molecule has 0 saturated carbocycles. The molecule has 0 N–H and O–H groups in total. The molecule has 0 saturated heterocycles. The van der Waals surface area contributed by atoms with Gasteiger partial charge in [-0.05, 0) is 0 Å². The maximum absolute atomic E-state index is 10.9. The number of nitrogens with zero attached hydrogens (tertiary/aromatic N) is 4. The van der Waals surface area contributed by atoms with Gasteiger partial charge in [0.25, 0.3) is 0 Å². The number of nitriles is 1. The summed E-state index contributed by atoms with van der Waals surface area (Å²) in [5, 5.41) is 22.6. The quantitative estimate of drug-likeness (QED) is 0.236. The molecule has 0 aromatic carbocycles. The molecule has 0 bridgehead atoms. The fraction of sp³-hybridized carbons (Fsp3) is 0. The van der Waals surface area contributed by atoms with Crippen molar-refractivity contribution in [1.82, 2.24) is 0 Å². The molecule has 1 amide bonds. The molecule has 0 radical (unpaired) electrons. The molecule has 0 spiro atoms. The zero-order chi connectivity index (χ0) is 10.7. The Bertz CT molecular complexity index is 486. The normalized spacial score (nSPS) is 15.7. The molecule has 1 rings (SSSR count). The molecule has 0 fully saturated rings. The van der Waals surface area contributed by atoms with E-state index >= 15 is 0 Å². The van der Waals surface area contributed by atoms with Gasteiger partial charge in [-0.3, -0.25) is 0 Å². The summed E-state index contributed by atoms with van der Waals surface area (Å²) in [6, 6.07) is 1.46. The van der Waals surface area contributed by atoms with E-state index < -0.39 is 28.8 Å². The third kappa shape index (κ3) is 3.10. The first kappa shape index (κ1) is 17.6. The Morgan fingerprint density at radius 2 is 2.00 bits per heavy atom. The molecule has 0 aliphatic carbocycles. The van der Waals surface area contributed by atoms with Crippen LogP contribution in [0.5, 0.6) is 0 Å². The van der Waals surface area contributed by atoms with Gasteiger partial charge in [0, 0.05) is 0 Å². The van der Waals surface area contributed by atoms with Gasteiger partial charge in [-0.15, -0.1) is 5.70 Å². The minimum Gasteiger partial charge on any atom is -0.880 e. The molecule has 1 aliphatic rings. The number of carbonyl (C=O) groups is 1. The van der Waals surface area contributed by atoms with Crippen molar-refractivity contribution in [3.8, 4) is 6.07 Å². The van der Waals surface area contributed by atoms with Crippen molar-refractivity contribution in [2.24, 2.45) is 0 Å². The summed E-state index contributed by atoms with van der Waals surface area (Å²) in [6.07, 6.45) is 0. The van der Waals surface area contributed by atoms with Gasteiger partial charge in [-0.25, -0.2) is 15.0 Å². The van der Waals surface area contributed by atoms with Gasteiger partial charge in [0.05, 0.1) is 25.1 Å². The summed E-state index contributed by atoms with van der Waals surface area (Å²) in [5.41, 5.74) is -1.48. The standard InChI is InChI=1S/C8H2N4O2.2Na/c1-10-4(3-9)5-6(11-2)7(13)8(14)12-5;;/h(H2,12,13,14);;/q;2*+1/p-2/b5-4+;;. The average Bonchev–Trinajstić information content (AvgIpc) is 2.45. The van der Waals surface area contributed by atoms with Gasteiger partial charge in [0.2, 0.25) is 5.70 Å². The summed E-state index contributed by atoms with van der Waals surface area (Å²) in [4.78, 5) is 16.3. The second kappa shape index (κ2) is 7.49. The zero-order valence-corrected chi connectivity index (χ0v) is 12.6. The molecular formula is C8N4Na2O2. The van der Waals surface area contributed by atoms with Crippen LogP contribution in [0.1, 0.15) is 0 Å². The van der Waals surface area contributed by atoms with Crippen LogP contribution in [-0.2, 0) is 4.79 Å². The molecule has 0 aromatic rings. The minimum absolute atomic E-state index is 0. The Morgan fingerprint density at radius 1 is 1.44 bits per heavy atom. The minimum atomic E-state index is -1.11. The fourth-order valence-electron chi connectivity index (χ4n) is 0.814. The van der Waals surface area contributed by atoms with Gasteiger partial charge < -0.3 is 15.2 Å². The molecular weight excluding hydrogens is 230 g/mol. The first-order valence-corrected chi connectivity index (χ1v) is 3.22. The zero-order valence-electron chi connectivity index (χ0n) is 8.61. The van der Waals surface area contributed by atoms with Crippen molar-refractivity contribution in [3.05, 3.63) is 51.0 Å². The van der Waals surface area contributed by atoms with Crippen LogP contribution in [0.25, 0.3) is 15.0 Å². The molecule has 1 heterocycles. The van der Waals surface area contributed by atoms with Crippen LogP contribution in [0.2, 0.25) is 0 Å². The summed E-state index contributed by atoms with van der Waals surface area (Å²) >= 11 is 0. The summed E-state index contributed by atoms with van der Waals surface area (Å²) in [7, 11) is 0. The van der Waals surface area contributed by atoms with Crippen LogP contribution in [0.15, 0.2) is 22.9 Å². The molecule has 0 aromatic heterocycles. The van der Waals surface area contributed by atoms with Crippen molar-refractivity contribution >= 4 is 5.91 Å². The first-order valence-electron chi connectivity index (χ1n) is 3.22. The predicted molar refractivity (Wildman–Crippen MR) is 41.2 cm³/mol. The molecule has 66 valence electrons. The Balaban J connectivity index is 0. The van der Waals surface area contributed by atoms with Crippen molar-refractivity contribution in [2.45, 2.75) is 0 Å². The Hall–Kier alpha value is -0.780. The van der Waals surface area contributed by atoms with Crippen molar-refractivity contribution < 1.29 is 69.0 Å². The molecule has 0 unspecified atom stereocenters. The SMILES string of the molecule is [C-]#[N+]C1=C([O-])C(=O)[N-]/C1=C(\C#N)[N+]#[C-].[Na+].[Na+]. The summed E-state index contributed by atoms with van der Waals surface area (Å²) in [5.74, 6) is -2.17. The van der Waals surface area contributed by atoms with Crippen LogP contribution in [0.3, 0.4) is 0 Å². The van der Waals surface area contributed by atoms with E-state index in [1.54, 1.807) is 0 Å². The Morgan fingerprint density at radius 3 is 2.38 bits per heavy atom. The van der Waals surface area contributed by atoms with Crippen LogP contribution in [0, 0.1) is 24.5 Å². The molecule has 16 heavy (non-hydrogen) atoms. The molecule has 8 heteroatoms. The maximum atomic E-state index is 10.9. The summed E-state index contributed by atoms with van der Waals surface area (Å²) < 4.78 is 0. The van der Waals surface area contributed by atoms with Crippen molar-refractivity contribution in [2.75, 3.05) is 0 Å². The molecule has 6 nitrogen and oxygen atoms in total. The van der Waals surface area contributed by atoms with E-state index in [0.717, 1.165) is 0 Å². The van der Waals surface area contributed by atoms with E-state index in [2.05, 4.69) is 15.0 Å². The van der Waals surface area contributed by atoms with Crippen LogP contribution >= 0.6 is 0 Å². The van der Waals surface area contributed by atoms with E-state index in [4.69, 9.17) is 18.4 Å². The van der Waals surface area contributed by atoms with E-state index in [9.17, 15) is 9.90 Å². The van der Waals surface area contributed by atoms with Crippen LogP contribution in [-0.4, -0.2) is 5.91 Å². The van der Waals surface area contributed by atoms with Gasteiger partial charge in [-0.1, -0.05) is 5.76 Å². The van der Waals surface area contributed by atoms with Gasteiger partial charge >= 0.3 is 59.1 Å². The maximum Gasteiger partial charge on any atom is 1.00 e. The number of allylic oxidation sites excluding steroid dienone is 1. The molecule has 1 aliphatic heterocycles. The van der Waals surface area contributed by atoms with E-state index in [-0.39, 0.29) is 59.1 Å². The summed E-state index contributed by atoms with van der Waals surface area (Å²) in [6.45, 7) is 13.2. The topological polar surface area (TPSA) is 86.7 Å². The Kier molecular flexibility index (Phi) is 8.24. The number of hydrogen-bond donors (Lipinski definition) is 0. The van der Waals surface area contributed by atoms with Gasteiger partial charge in [0.15, 0.2) is 5.70 Å². The monoisotopic (exact) mass is 230 g/mol. The number of amides is 1. The smallest absolute Gasteiger partial charge is 0.880 e. The van der Waals surface area contributed by atoms with Crippen molar-refractivity contribution in [3.63, 3.8) is 0 Å². The predicted octanol–water partition coefficient (Wildman–Crippen LogP) is -5.95. The first-order chi connectivity index (χ1) is 6.65. The average molecular weight is 230 g/mol. The third-order valence-electron chi connectivity index (χ3n) is 1.40. The second-order valence-electron chi connectivity index (χ2n) is 2.13. The number of rotatable bonds is 0. The van der Waals surface area contributed by atoms with Crippen LogP contribution < -0.4 is 64.2 Å². The van der Waals surface area contributed by atoms with E-state index in [1.165, 1.54) is 6.07 Å². The Labute approximate surface area is 136 Å². The van der Waals surface area contributed by atoms with Gasteiger partial charge in [0.1, 0.15) is 0 Å².